The summed E-state index contributed by atoms with van der Waals surface area (Å²) in [5, 5.41) is 8.89. The van der Waals surface area contributed by atoms with Crippen LogP contribution in [0.1, 0.15) is 6.92 Å². The molecule has 1 aromatic rings. The summed E-state index contributed by atoms with van der Waals surface area (Å²) < 4.78 is 13.4. The smallest absolute Gasteiger partial charge is 0.306 e. The third-order valence-corrected chi connectivity index (χ3v) is 4.61. The van der Waals surface area contributed by atoms with Crippen LogP contribution in [0.15, 0.2) is 29.2 Å². The first-order valence-electron chi connectivity index (χ1n) is 6.40. The summed E-state index contributed by atoms with van der Waals surface area (Å²) >= 11 is 1.51. The lowest BCUT2D eigenvalue weighted by molar-refractivity contribution is -0.145. The van der Waals surface area contributed by atoms with Gasteiger partial charge < -0.3 is 10.0 Å². The van der Waals surface area contributed by atoms with Gasteiger partial charge in [0.15, 0.2) is 0 Å². The number of carboxylic acids is 1. The van der Waals surface area contributed by atoms with E-state index in [1.54, 1.807) is 19.1 Å². The third kappa shape index (κ3) is 3.70. The van der Waals surface area contributed by atoms with Crippen LogP contribution >= 0.6 is 11.8 Å². The molecule has 19 heavy (non-hydrogen) atoms. The van der Waals surface area contributed by atoms with Crippen LogP contribution in [0.3, 0.4) is 0 Å². The highest BCUT2D eigenvalue weighted by Gasteiger charge is 2.34. The number of carboxylic acid groups (broad SMARTS) is 1. The number of aliphatic carboxylic acids is 1. The van der Waals surface area contributed by atoms with Gasteiger partial charge in [-0.05, 0) is 18.1 Å². The molecule has 0 radical (unpaired) electrons. The highest BCUT2D eigenvalue weighted by molar-refractivity contribution is 7.99. The highest BCUT2D eigenvalue weighted by Crippen LogP contribution is 2.26. The van der Waals surface area contributed by atoms with Crippen molar-refractivity contribution in [3.63, 3.8) is 0 Å². The molecule has 3 nitrogen and oxygen atoms in total. The lowest BCUT2D eigenvalue weighted by Crippen LogP contribution is -2.51. The van der Waals surface area contributed by atoms with E-state index in [4.69, 9.17) is 5.11 Å². The third-order valence-electron chi connectivity index (χ3n) is 3.58. The van der Waals surface area contributed by atoms with Crippen molar-refractivity contribution < 1.29 is 14.3 Å². The van der Waals surface area contributed by atoms with Crippen molar-refractivity contribution in [2.45, 2.75) is 11.8 Å². The summed E-state index contributed by atoms with van der Waals surface area (Å²) in [4.78, 5) is 13.7. The van der Waals surface area contributed by atoms with E-state index in [1.165, 1.54) is 17.8 Å². The lowest BCUT2D eigenvalue weighted by Gasteiger charge is -2.41. The number of halogens is 1. The van der Waals surface area contributed by atoms with Crippen molar-refractivity contribution >= 4 is 17.7 Å². The summed E-state index contributed by atoms with van der Waals surface area (Å²) in [6.07, 6.45) is 0. The van der Waals surface area contributed by atoms with Crippen LogP contribution in [-0.4, -0.2) is 41.4 Å². The maximum absolute atomic E-state index is 13.4. The normalized spacial score (nSPS) is 18.0. The van der Waals surface area contributed by atoms with Gasteiger partial charge in [-0.1, -0.05) is 19.1 Å². The molecule has 1 heterocycles. The standard InChI is InChI=1S/C14H18FNO2S/c1-10(14(17)18)11-8-16(9-11)6-7-19-13-5-3-2-4-12(13)15/h2-5,10-11H,6-9H2,1H3,(H,17,18). The molecular weight excluding hydrogens is 265 g/mol. The van der Waals surface area contributed by atoms with Gasteiger partial charge in [0.2, 0.25) is 0 Å². The van der Waals surface area contributed by atoms with Crippen molar-refractivity contribution in [2.24, 2.45) is 11.8 Å². The second-order valence-corrected chi connectivity index (χ2v) is 6.06. The number of carbonyl (C=O) groups is 1. The number of rotatable bonds is 6. The van der Waals surface area contributed by atoms with Crippen LogP contribution in [0.4, 0.5) is 4.39 Å². The van der Waals surface area contributed by atoms with Gasteiger partial charge in [-0.2, -0.15) is 0 Å². The number of nitrogens with zero attached hydrogens (tertiary/aromatic N) is 1. The van der Waals surface area contributed by atoms with Crippen molar-refractivity contribution in [2.75, 3.05) is 25.4 Å². The van der Waals surface area contributed by atoms with E-state index in [1.807, 2.05) is 6.07 Å². The average molecular weight is 283 g/mol. The minimum atomic E-state index is -0.717. The molecule has 0 aromatic heterocycles. The first-order chi connectivity index (χ1) is 9.08. The van der Waals surface area contributed by atoms with Crippen molar-refractivity contribution in [3.8, 4) is 0 Å². The molecule has 1 N–H and O–H groups in total. The van der Waals surface area contributed by atoms with Crippen molar-refractivity contribution in [3.05, 3.63) is 30.1 Å². The van der Waals surface area contributed by atoms with E-state index in [2.05, 4.69) is 4.90 Å². The van der Waals surface area contributed by atoms with Crippen LogP contribution in [0.25, 0.3) is 0 Å². The molecule has 1 aliphatic rings. The molecule has 104 valence electrons. The van der Waals surface area contributed by atoms with E-state index in [0.717, 1.165) is 25.4 Å². The van der Waals surface area contributed by atoms with E-state index in [-0.39, 0.29) is 17.7 Å². The molecule has 1 unspecified atom stereocenters. The Kier molecular flexibility index (Phi) is 4.82. The van der Waals surface area contributed by atoms with Gasteiger partial charge in [0.25, 0.3) is 0 Å². The topological polar surface area (TPSA) is 40.5 Å². The van der Waals surface area contributed by atoms with Gasteiger partial charge >= 0.3 is 5.97 Å². The van der Waals surface area contributed by atoms with Gasteiger partial charge in [0.05, 0.1) is 5.92 Å². The monoisotopic (exact) mass is 283 g/mol. The molecule has 0 amide bonds. The van der Waals surface area contributed by atoms with Crippen LogP contribution < -0.4 is 0 Å². The molecule has 1 aromatic carbocycles. The molecular formula is C14H18FNO2S. The molecule has 0 saturated carbocycles. The van der Waals surface area contributed by atoms with Crippen molar-refractivity contribution in [1.82, 2.24) is 4.90 Å². The van der Waals surface area contributed by atoms with Gasteiger partial charge in [-0.3, -0.25) is 4.79 Å². The van der Waals surface area contributed by atoms with Gasteiger partial charge in [-0.25, -0.2) is 4.39 Å². The van der Waals surface area contributed by atoms with E-state index in [0.29, 0.717) is 4.90 Å². The molecule has 1 atom stereocenters. The maximum Gasteiger partial charge on any atom is 0.306 e. The molecule has 1 fully saturated rings. The Morgan fingerprint density at radius 1 is 1.53 bits per heavy atom. The molecule has 0 aliphatic carbocycles. The molecule has 5 heteroatoms. The molecule has 0 spiro atoms. The van der Waals surface area contributed by atoms with E-state index < -0.39 is 5.97 Å². The zero-order chi connectivity index (χ0) is 13.8. The number of likely N-dealkylation sites (tertiary alicyclic amines) is 1. The largest absolute Gasteiger partial charge is 0.481 e. The average Bonchev–Trinajstić information content (AvgIpc) is 2.33. The Labute approximate surface area is 116 Å². The zero-order valence-corrected chi connectivity index (χ0v) is 11.7. The van der Waals surface area contributed by atoms with Crippen LogP contribution in [-0.2, 0) is 4.79 Å². The van der Waals surface area contributed by atoms with E-state index >= 15 is 0 Å². The summed E-state index contributed by atoms with van der Waals surface area (Å²) in [5.74, 6) is -0.0694. The maximum atomic E-state index is 13.4. The van der Waals surface area contributed by atoms with E-state index in [9.17, 15) is 9.18 Å². The first-order valence-corrected chi connectivity index (χ1v) is 7.39. The fraction of sp³-hybridized carbons (Fsp3) is 0.500. The number of thioether (sulfide) groups is 1. The summed E-state index contributed by atoms with van der Waals surface area (Å²) in [6.45, 7) is 4.32. The Balaban J connectivity index is 1.67. The summed E-state index contributed by atoms with van der Waals surface area (Å²) in [6, 6.07) is 6.77. The summed E-state index contributed by atoms with van der Waals surface area (Å²) in [7, 11) is 0. The molecule has 2 rings (SSSR count). The fourth-order valence-corrected chi connectivity index (χ4v) is 3.11. The number of hydrogen-bond donors (Lipinski definition) is 1. The Bertz CT molecular complexity index is 449. The predicted molar refractivity (Wildman–Crippen MR) is 73.9 cm³/mol. The summed E-state index contributed by atoms with van der Waals surface area (Å²) in [5.41, 5.74) is 0. The minimum absolute atomic E-state index is 0.173. The zero-order valence-electron chi connectivity index (χ0n) is 10.9. The number of benzene rings is 1. The second-order valence-electron chi connectivity index (χ2n) is 4.93. The molecule has 1 aliphatic heterocycles. The predicted octanol–water partition coefficient (Wildman–Crippen LogP) is 2.57. The SMILES string of the molecule is CC(C(=O)O)C1CN(CCSc2ccccc2F)C1. The minimum Gasteiger partial charge on any atom is -0.481 e. The van der Waals surface area contributed by atoms with Gasteiger partial charge in [0, 0.05) is 30.3 Å². The van der Waals surface area contributed by atoms with Crippen molar-refractivity contribution in [1.29, 1.82) is 0 Å². The molecule has 0 bridgehead atoms. The Morgan fingerprint density at radius 2 is 2.21 bits per heavy atom. The van der Waals surface area contributed by atoms with Crippen LogP contribution in [0.5, 0.6) is 0 Å². The second kappa shape index (κ2) is 6.39. The first kappa shape index (κ1) is 14.3. The highest BCUT2D eigenvalue weighted by atomic mass is 32.2. The number of hydrogen-bond acceptors (Lipinski definition) is 3. The van der Waals surface area contributed by atoms with Crippen LogP contribution in [0, 0.1) is 17.7 Å². The quantitative estimate of drug-likeness (QED) is 0.815. The lowest BCUT2D eigenvalue weighted by atomic mass is 9.87. The Hall–Kier alpha value is -1.07. The van der Waals surface area contributed by atoms with Gasteiger partial charge in [0.1, 0.15) is 5.82 Å². The van der Waals surface area contributed by atoms with Crippen LogP contribution in [0.2, 0.25) is 0 Å². The van der Waals surface area contributed by atoms with Gasteiger partial charge in [-0.15, -0.1) is 11.8 Å². The molecule has 1 saturated heterocycles. The fourth-order valence-electron chi connectivity index (χ4n) is 2.16. The Morgan fingerprint density at radius 3 is 2.84 bits per heavy atom.